The van der Waals surface area contributed by atoms with E-state index in [9.17, 15) is 13.2 Å². The van der Waals surface area contributed by atoms with E-state index in [1.54, 1.807) is 13.0 Å². The first kappa shape index (κ1) is 19.6. The Labute approximate surface area is 152 Å². The van der Waals surface area contributed by atoms with Crippen molar-refractivity contribution < 1.29 is 18.3 Å². The van der Waals surface area contributed by atoms with E-state index in [4.69, 9.17) is 5.11 Å². The zero-order chi connectivity index (χ0) is 18.4. The van der Waals surface area contributed by atoms with Crippen LogP contribution in [0, 0.1) is 6.92 Å². The summed E-state index contributed by atoms with van der Waals surface area (Å²) in [7, 11) is -3.68. The molecule has 1 aromatic heterocycles. The second-order valence-electron chi connectivity index (χ2n) is 6.03. The number of hydrogen-bond acceptors (Lipinski definition) is 4. The van der Waals surface area contributed by atoms with Crippen LogP contribution in [0.15, 0.2) is 40.6 Å². The summed E-state index contributed by atoms with van der Waals surface area (Å²) in [6.07, 6.45) is 1.83. The number of thiophene rings is 1. The van der Waals surface area contributed by atoms with Gasteiger partial charge in [-0.2, -0.15) is 0 Å². The molecule has 7 heteroatoms. The van der Waals surface area contributed by atoms with Gasteiger partial charge in [0.25, 0.3) is 0 Å². The number of rotatable bonds is 9. The van der Waals surface area contributed by atoms with Gasteiger partial charge in [0.05, 0.1) is 6.42 Å². The molecule has 0 fully saturated rings. The Morgan fingerprint density at radius 1 is 1.24 bits per heavy atom. The van der Waals surface area contributed by atoms with E-state index in [1.165, 1.54) is 22.5 Å². The average Bonchev–Trinajstić information content (AvgIpc) is 3.01. The van der Waals surface area contributed by atoms with E-state index < -0.39 is 22.0 Å². The molecule has 0 aliphatic carbocycles. The minimum atomic E-state index is -3.68. The monoisotopic (exact) mass is 381 g/mol. The number of aryl methyl sites for hydroxylation is 3. The highest BCUT2D eigenvalue weighted by molar-refractivity contribution is 7.91. The predicted molar refractivity (Wildman–Crippen MR) is 99.6 cm³/mol. The predicted octanol–water partition coefficient (Wildman–Crippen LogP) is 3.37. The number of aliphatic carboxylic acids is 1. The molecular weight excluding hydrogens is 358 g/mol. The highest BCUT2D eigenvalue weighted by Gasteiger charge is 2.22. The highest BCUT2D eigenvalue weighted by Crippen LogP contribution is 2.23. The van der Waals surface area contributed by atoms with Crippen LogP contribution in [0.25, 0.3) is 0 Å². The van der Waals surface area contributed by atoms with Crippen LogP contribution < -0.4 is 4.72 Å². The quantitative estimate of drug-likeness (QED) is 0.697. The van der Waals surface area contributed by atoms with Crippen molar-refractivity contribution in [2.75, 3.05) is 0 Å². The minimum Gasteiger partial charge on any atom is -0.481 e. The Hall–Kier alpha value is -1.70. The normalized spacial score (nSPS) is 12.9. The van der Waals surface area contributed by atoms with Crippen molar-refractivity contribution >= 4 is 27.3 Å². The molecule has 2 aromatic rings. The Morgan fingerprint density at radius 3 is 2.64 bits per heavy atom. The maximum Gasteiger partial charge on any atom is 0.304 e. The second kappa shape index (κ2) is 8.60. The Morgan fingerprint density at radius 2 is 2.00 bits per heavy atom. The molecule has 0 radical (unpaired) electrons. The van der Waals surface area contributed by atoms with Gasteiger partial charge >= 0.3 is 5.97 Å². The summed E-state index contributed by atoms with van der Waals surface area (Å²) in [5, 5.41) is 8.85. The molecule has 0 aliphatic rings. The first-order valence-corrected chi connectivity index (χ1v) is 10.5. The Kier molecular flexibility index (Phi) is 6.75. The number of benzene rings is 1. The third kappa shape index (κ3) is 5.95. The smallest absolute Gasteiger partial charge is 0.304 e. The van der Waals surface area contributed by atoms with Gasteiger partial charge in [0.15, 0.2) is 0 Å². The van der Waals surface area contributed by atoms with E-state index in [-0.39, 0.29) is 10.6 Å². The molecule has 1 heterocycles. The topological polar surface area (TPSA) is 83.5 Å². The summed E-state index contributed by atoms with van der Waals surface area (Å²) in [5.41, 5.74) is 2.43. The third-order valence-electron chi connectivity index (χ3n) is 3.88. The highest BCUT2D eigenvalue weighted by atomic mass is 32.2. The number of carbonyl (C=O) groups is 1. The molecule has 0 aliphatic heterocycles. The van der Waals surface area contributed by atoms with Crippen LogP contribution in [0.3, 0.4) is 0 Å². The van der Waals surface area contributed by atoms with Crippen LogP contribution >= 0.6 is 11.3 Å². The first-order chi connectivity index (χ1) is 11.8. The molecule has 0 spiro atoms. The van der Waals surface area contributed by atoms with Gasteiger partial charge in [0, 0.05) is 10.9 Å². The van der Waals surface area contributed by atoms with Crippen LogP contribution in [-0.2, 0) is 27.7 Å². The van der Waals surface area contributed by atoms with Gasteiger partial charge in [-0.05, 0) is 43.9 Å². The second-order valence-corrected chi connectivity index (χ2v) is 9.14. The lowest BCUT2D eigenvalue weighted by Crippen LogP contribution is -2.35. The van der Waals surface area contributed by atoms with Gasteiger partial charge < -0.3 is 5.11 Å². The molecule has 1 aromatic carbocycles. The molecule has 0 saturated carbocycles. The fourth-order valence-electron chi connectivity index (χ4n) is 2.53. The lowest BCUT2D eigenvalue weighted by molar-refractivity contribution is -0.137. The van der Waals surface area contributed by atoms with Crippen molar-refractivity contribution in [3.05, 3.63) is 52.4 Å². The first-order valence-electron chi connectivity index (χ1n) is 8.18. The maximum atomic E-state index is 12.4. The number of carboxylic acids is 1. The third-order valence-corrected chi connectivity index (χ3v) is 7.04. The largest absolute Gasteiger partial charge is 0.481 e. The Balaban J connectivity index is 2.02. The summed E-state index contributed by atoms with van der Waals surface area (Å²) < 4.78 is 27.6. The van der Waals surface area contributed by atoms with Crippen molar-refractivity contribution in [1.82, 2.24) is 4.72 Å². The molecule has 2 rings (SSSR count). The van der Waals surface area contributed by atoms with Gasteiger partial charge in [-0.25, -0.2) is 13.1 Å². The van der Waals surface area contributed by atoms with Crippen molar-refractivity contribution in [1.29, 1.82) is 0 Å². The molecule has 0 amide bonds. The fraction of sp³-hybridized carbons (Fsp3) is 0.389. The van der Waals surface area contributed by atoms with E-state index in [2.05, 4.69) is 16.9 Å². The molecule has 5 nitrogen and oxygen atoms in total. The Bertz CT molecular complexity index is 827. The van der Waals surface area contributed by atoms with Gasteiger partial charge in [0.1, 0.15) is 4.21 Å². The van der Waals surface area contributed by atoms with E-state index in [1.807, 2.05) is 25.1 Å². The zero-order valence-electron chi connectivity index (χ0n) is 14.4. The van der Waals surface area contributed by atoms with E-state index in [0.29, 0.717) is 6.42 Å². The number of hydrogen-bond donors (Lipinski definition) is 2. The molecule has 25 heavy (non-hydrogen) atoms. The number of sulfonamides is 1. The van der Waals surface area contributed by atoms with Crippen molar-refractivity contribution in [2.24, 2.45) is 0 Å². The van der Waals surface area contributed by atoms with Crippen molar-refractivity contribution in [3.8, 4) is 0 Å². The molecular formula is C18H23NO4S2. The van der Waals surface area contributed by atoms with Gasteiger partial charge in [-0.1, -0.05) is 36.8 Å². The van der Waals surface area contributed by atoms with Gasteiger partial charge in [0.2, 0.25) is 10.0 Å². The zero-order valence-corrected chi connectivity index (χ0v) is 16.0. The average molecular weight is 382 g/mol. The van der Waals surface area contributed by atoms with Gasteiger partial charge in [-0.15, -0.1) is 11.3 Å². The summed E-state index contributed by atoms with van der Waals surface area (Å²) in [4.78, 5) is 11.8. The summed E-state index contributed by atoms with van der Waals surface area (Å²) in [5.74, 6) is -1.01. The molecule has 0 bridgehead atoms. The van der Waals surface area contributed by atoms with E-state index in [0.717, 1.165) is 17.7 Å². The standard InChI is InChI=1S/C18H23NO4S2/c1-3-15(12-17(20)21)19-25(22,23)18-10-9-16(24-18)8-7-14-6-4-5-13(2)11-14/h4-6,9-11,15,19H,3,7-8,12H2,1-2H3,(H,20,21)/t15-/m0/s1. The summed E-state index contributed by atoms with van der Waals surface area (Å²) >= 11 is 1.24. The van der Waals surface area contributed by atoms with Crippen LogP contribution in [0.1, 0.15) is 35.8 Å². The SMILES string of the molecule is CC[C@@H](CC(=O)O)NS(=O)(=O)c1ccc(CCc2cccc(C)c2)s1. The van der Waals surface area contributed by atoms with E-state index >= 15 is 0 Å². The van der Waals surface area contributed by atoms with Crippen LogP contribution in [0.4, 0.5) is 0 Å². The number of nitrogens with one attached hydrogen (secondary N) is 1. The van der Waals surface area contributed by atoms with Crippen molar-refractivity contribution in [2.45, 2.75) is 49.8 Å². The molecule has 0 saturated heterocycles. The van der Waals surface area contributed by atoms with Crippen LogP contribution in [0.2, 0.25) is 0 Å². The van der Waals surface area contributed by atoms with Crippen LogP contribution in [-0.4, -0.2) is 25.5 Å². The van der Waals surface area contributed by atoms with Crippen molar-refractivity contribution in [3.63, 3.8) is 0 Å². The molecule has 136 valence electrons. The van der Waals surface area contributed by atoms with Crippen LogP contribution in [0.5, 0.6) is 0 Å². The molecule has 1 atom stereocenters. The molecule has 0 unspecified atom stereocenters. The number of carboxylic acid groups (broad SMARTS) is 1. The lowest BCUT2D eigenvalue weighted by atomic mass is 10.1. The maximum absolute atomic E-state index is 12.4. The fourth-order valence-corrected chi connectivity index (χ4v) is 5.22. The van der Waals surface area contributed by atoms with Gasteiger partial charge in [-0.3, -0.25) is 4.79 Å². The molecule has 2 N–H and O–H groups in total. The summed E-state index contributed by atoms with van der Waals surface area (Å²) in [6, 6.07) is 11.1. The summed E-state index contributed by atoms with van der Waals surface area (Å²) in [6.45, 7) is 3.81. The lowest BCUT2D eigenvalue weighted by Gasteiger charge is -2.13. The minimum absolute atomic E-state index is 0.221.